The van der Waals surface area contributed by atoms with Gasteiger partial charge in [0, 0.05) is 32.7 Å². The van der Waals surface area contributed by atoms with Crippen LogP contribution in [-0.4, -0.2) is 66.4 Å². The summed E-state index contributed by atoms with van der Waals surface area (Å²) in [4.78, 5) is 10.5. The standard InChI is InChI=1S/C21H26N4O3S/c1-16(21-22-20(23-28-21)19-4-3-15-29-19)25-11-9-24(10-12-25)13-14-27-18-7-5-17(26-2)6-8-18/h3-8,15-16H,9-14H2,1-2H3/t16-/m0/s1. The highest BCUT2D eigenvalue weighted by atomic mass is 32.1. The lowest BCUT2D eigenvalue weighted by atomic mass is 10.2. The predicted octanol–water partition coefficient (Wildman–Crippen LogP) is 3.56. The van der Waals surface area contributed by atoms with E-state index >= 15 is 0 Å². The van der Waals surface area contributed by atoms with Crippen molar-refractivity contribution >= 4 is 11.3 Å². The molecule has 1 aliphatic heterocycles. The molecule has 4 rings (SSSR count). The lowest BCUT2D eigenvalue weighted by Crippen LogP contribution is -2.48. The molecule has 1 atom stereocenters. The molecule has 1 aromatic carbocycles. The molecule has 0 N–H and O–H groups in total. The van der Waals surface area contributed by atoms with Crippen LogP contribution >= 0.6 is 11.3 Å². The van der Waals surface area contributed by atoms with Gasteiger partial charge in [-0.3, -0.25) is 9.80 Å². The fraction of sp³-hybridized carbons (Fsp3) is 0.429. The van der Waals surface area contributed by atoms with Gasteiger partial charge in [0.15, 0.2) is 0 Å². The smallest absolute Gasteiger partial charge is 0.244 e. The van der Waals surface area contributed by atoms with Crippen molar-refractivity contribution in [3.8, 4) is 22.2 Å². The SMILES string of the molecule is COc1ccc(OCCN2CCN([C@@H](C)c3nc(-c4cccs4)no3)CC2)cc1. The maximum atomic E-state index is 5.85. The third kappa shape index (κ3) is 4.95. The molecule has 0 spiro atoms. The van der Waals surface area contributed by atoms with E-state index in [1.807, 2.05) is 41.8 Å². The molecule has 0 radical (unpaired) electrons. The van der Waals surface area contributed by atoms with Crippen molar-refractivity contribution in [1.29, 1.82) is 0 Å². The second-order valence-corrected chi connectivity index (χ2v) is 7.96. The monoisotopic (exact) mass is 414 g/mol. The molecule has 1 aliphatic rings. The Morgan fingerprint density at radius 3 is 2.55 bits per heavy atom. The molecule has 1 fully saturated rings. The minimum atomic E-state index is 0.119. The molecule has 8 heteroatoms. The van der Waals surface area contributed by atoms with Gasteiger partial charge in [-0.1, -0.05) is 11.2 Å². The normalized spacial score (nSPS) is 16.6. The van der Waals surface area contributed by atoms with Gasteiger partial charge >= 0.3 is 0 Å². The zero-order valence-corrected chi connectivity index (χ0v) is 17.6. The van der Waals surface area contributed by atoms with Crippen molar-refractivity contribution in [2.45, 2.75) is 13.0 Å². The van der Waals surface area contributed by atoms with Crippen LogP contribution in [0.4, 0.5) is 0 Å². The fourth-order valence-corrected chi connectivity index (χ4v) is 4.05. The van der Waals surface area contributed by atoms with Crippen LogP contribution in [0.1, 0.15) is 18.9 Å². The molecule has 7 nitrogen and oxygen atoms in total. The molecule has 0 saturated carbocycles. The van der Waals surface area contributed by atoms with Crippen molar-refractivity contribution in [2.75, 3.05) is 46.4 Å². The maximum absolute atomic E-state index is 5.85. The first-order valence-corrected chi connectivity index (χ1v) is 10.7. The Morgan fingerprint density at radius 2 is 1.86 bits per heavy atom. The number of benzene rings is 1. The summed E-state index contributed by atoms with van der Waals surface area (Å²) in [7, 11) is 1.66. The van der Waals surface area contributed by atoms with Crippen molar-refractivity contribution in [3.63, 3.8) is 0 Å². The van der Waals surface area contributed by atoms with Gasteiger partial charge in [-0.15, -0.1) is 11.3 Å². The molecule has 0 aliphatic carbocycles. The highest BCUT2D eigenvalue weighted by molar-refractivity contribution is 7.13. The molecule has 3 aromatic rings. The highest BCUT2D eigenvalue weighted by Crippen LogP contribution is 2.26. The minimum Gasteiger partial charge on any atom is -0.497 e. The maximum Gasteiger partial charge on any atom is 0.244 e. The summed E-state index contributed by atoms with van der Waals surface area (Å²) in [5.41, 5.74) is 0. The van der Waals surface area contributed by atoms with E-state index < -0.39 is 0 Å². The zero-order valence-electron chi connectivity index (χ0n) is 16.8. The van der Waals surface area contributed by atoms with E-state index in [-0.39, 0.29) is 6.04 Å². The van der Waals surface area contributed by atoms with E-state index in [0.717, 1.165) is 49.1 Å². The summed E-state index contributed by atoms with van der Waals surface area (Å²) in [6, 6.07) is 11.8. The summed E-state index contributed by atoms with van der Waals surface area (Å²) in [5, 5.41) is 6.15. The second kappa shape index (κ2) is 9.39. The number of hydrogen-bond acceptors (Lipinski definition) is 8. The first kappa shape index (κ1) is 19.9. The second-order valence-electron chi connectivity index (χ2n) is 7.01. The van der Waals surface area contributed by atoms with Gasteiger partial charge in [-0.2, -0.15) is 4.98 Å². The van der Waals surface area contributed by atoms with E-state index in [1.54, 1.807) is 18.4 Å². The van der Waals surface area contributed by atoms with Crippen LogP contribution in [0.2, 0.25) is 0 Å². The Balaban J connectivity index is 1.21. The number of nitrogens with zero attached hydrogens (tertiary/aromatic N) is 4. The van der Waals surface area contributed by atoms with E-state index in [2.05, 4.69) is 26.9 Å². The number of aromatic nitrogens is 2. The van der Waals surface area contributed by atoms with Crippen LogP contribution in [0.5, 0.6) is 11.5 Å². The van der Waals surface area contributed by atoms with Gasteiger partial charge in [0.1, 0.15) is 18.1 Å². The van der Waals surface area contributed by atoms with E-state index in [4.69, 9.17) is 14.0 Å². The molecular weight excluding hydrogens is 388 g/mol. The molecule has 0 amide bonds. The summed E-state index contributed by atoms with van der Waals surface area (Å²) >= 11 is 1.62. The van der Waals surface area contributed by atoms with Crippen molar-refractivity contribution in [2.24, 2.45) is 0 Å². The number of thiophene rings is 1. The van der Waals surface area contributed by atoms with Crippen LogP contribution in [0.25, 0.3) is 10.7 Å². The topological polar surface area (TPSA) is 63.9 Å². The zero-order chi connectivity index (χ0) is 20.1. The Bertz CT molecular complexity index is 874. The molecule has 2 aromatic heterocycles. The predicted molar refractivity (Wildman–Crippen MR) is 113 cm³/mol. The molecule has 3 heterocycles. The largest absolute Gasteiger partial charge is 0.497 e. The summed E-state index contributed by atoms with van der Waals surface area (Å²) < 4.78 is 16.5. The van der Waals surface area contributed by atoms with Gasteiger partial charge < -0.3 is 14.0 Å². The van der Waals surface area contributed by atoms with Crippen LogP contribution in [0.3, 0.4) is 0 Å². The summed E-state index contributed by atoms with van der Waals surface area (Å²) in [6.45, 7) is 7.67. The number of ether oxygens (including phenoxy) is 2. The van der Waals surface area contributed by atoms with Crippen molar-refractivity contribution in [1.82, 2.24) is 19.9 Å². The van der Waals surface area contributed by atoms with Crippen LogP contribution in [-0.2, 0) is 0 Å². The Labute approximate surface area is 174 Å². The third-order valence-corrected chi connectivity index (χ3v) is 6.10. The molecular formula is C21H26N4O3S. The van der Waals surface area contributed by atoms with Crippen molar-refractivity contribution < 1.29 is 14.0 Å². The average molecular weight is 415 g/mol. The van der Waals surface area contributed by atoms with Crippen LogP contribution in [0, 0.1) is 0 Å². The van der Waals surface area contributed by atoms with E-state index in [0.29, 0.717) is 18.3 Å². The summed E-state index contributed by atoms with van der Waals surface area (Å²) in [6.07, 6.45) is 0. The average Bonchev–Trinajstić information content (AvgIpc) is 3.46. The molecule has 1 saturated heterocycles. The Kier molecular flexibility index (Phi) is 6.43. The molecule has 0 bridgehead atoms. The van der Waals surface area contributed by atoms with Gasteiger partial charge in [0.05, 0.1) is 18.0 Å². The van der Waals surface area contributed by atoms with Gasteiger partial charge in [-0.05, 0) is 42.6 Å². The number of piperazine rings is 1. The van der Waals surface area contributed by atoms with Gasteiger partial charge in [0.2, 0.25) is 11.7 Å². The first-order valence-electron chi connectivity index (χ1n) is 9.83. The van der Waals surface area contributed by atoms with Crippen molar-refractivity contribution in [3.05, 3.63) is 47.7 Å². The number of methoxy groups -OCH3 is 1. The number of hydrogen-bond donors (Lipinski definition) is 0. The highest BCUT2D eigenvalue weighted by Gasteiger charge is 2.26. The fourth-order valence-electron chi connectivity index (χ4n) is 3.41. The van der Waals surface area contributed by atoms with Crippen LogP contribution in [0.15, 0.2) is 46.3 Å². The van der Waals surface area contributed by atoms with Gasteiger partial charge in [-0.25, -0.2) is 0 Å². The van der Waals surface area contributed by atoms with E-state index in [9.17, 15) is 0 Å². The third-order valence-electron chi connectivity index (χ3n) is 5.23. The summed E-state index contributed by atoms with van der Waals surface area (Å²) in [5.74, 6) is 3.07. The minimum absolute atomic E-state index is 0.119. The molecule has 29 heavy (non-hydrogen) atoms. The first-order chi connectivity index (χ1) is 14.2. The lowest BCUT2D eigenvalue weighted by Gasteiger charge is -2.36. The molecule has 154 valence electrons. The van der Waals surface area contributed by atoms with Gasteiger partial charge in [0.25, 0.3) is 0 Å². The molecule has 0 unspecified atom stereocenters. The van der Waals surface area contributed by atoms with Crippen LogP contribution < -0.4 is 9.47 Å². The quantitative estimate of drug-likeness (QED) is 0.558. The Hall–Kier alpha value is -2.42. The number of rotatable bonds is 8. The lowest BCUT2D eigenvalue weighted by molar-refractivity contribution is 0.0800. The Morgan fingerprint density at radius 1 is 1.10 bits per heavy atom. The van der Waals surface area contributed by atoms with E-state index in [1.165, 1.54) is 0 Å².